The molecule has 6 heteroatoms. The van der Waals surface area contributed by atoms with Gasteiger partial charge < -0.3 is 14.8 Å². The molecular weight excluding hydrogens is 422 g/mol. The van der Waals surface area contributed by atoms with Crippen LogP contribution in [-0.4, -0.2) is 25.1 Å². The van der Waals surface area contributed by atoms with Crippen LogP contribution in [0, 0.1) is 11.3 Å². The molecule has 3 rings (SSSR count). The largest absolute Gasteiger partial charge is 0.483 e. The van der Waals surface area contributed by atoms with Gasteiger partial charge in [0.2, 0.25) is 0 Å². The smallest absolute Gasteiger partial charge is 0.341 e. The maximum atomic E-state index is 12.8. The number of amides is 1. The normalized spacial score (nSPS) is 15.9. The SMILES string of the molecule is CCOC(=O)c1c(NC(=O)COc2ccccc2C(C)C)sc2c1CCC(C(C)(C)C)C2. The zero-order valence-electron chi connectivity index (χ0n) is 20.0. The molecule has 0 radical (unpaired) electrons. The number of benzene rings is 1. The van der Waals surface area contributed by atoms with Gasteiger partial charge in [0, 0.05) is 4.88 Å². The highest BCUT2D eigenvalue weighted by Gasteiger charge is 2.34. The third-order valence-corrected chi connectivity index (χ3v) is 7.29. The predicted molar refractivity (Wildman–Crippen MR) is 130 cm³/mol. The highest BCUT2D eigenvalue weighted by atomic mass is 32.1. The molecule has 1 aromatic heterocycles. The third kappa shape index (κ3) is 5.52. The van der Waals surface area contributed by atoms with E-state index in [1.54, 1.807) is 6.92 Å². The van der Waals surface area contributed by atoms with Crippen molar-refractivity contribution < 1.29 is 19.1 Å². The quantitative estimate of drug-likeness (QED) is 0.502. The molecule has 0 spiro atoms. The van der Waals surface area contributed by atoms with Crippen molar-refractivity contribution in [3.05, 3.63) is 45.8 Å². The van der Waals surface area contributed by atoms with Crippen molar-refractivity contribution in [2.75, 3.05) is 18.5 Å². The summed E-state index contributed by atoms with van der Waals surface area (Å²) in [6.07, 6.45) is 2.78. The van der Waals surface area contributed by atoms with Crippen LogP contribution in [0.4, 0.5) is 5.00 Å². The van der Waals surface area contributed by atoms with E-state index >= 15 is 0 Å². The fourth-order valence-electron chi connectivity index (χ4n) is 4.23. The maximum absolute atomic E-state index is 12.8. The van der Waals surface area contributed by atoms with E-state index in [9.17, 15) is 9.59 Å². The number of carbonyl (C=O) groups excluding carboxylic acids is 2. The minimum Gasteiger partial charge on any atom is -0.483 e. The number of hydrogen-bond acceptors (Lipinski definition) is 5. The Labute approximate surface area is 195 Å². The zero-order valence-corrected chi connectivity index (χ0v) is 20.9. The minimum absolute atomic E-state index is 0.112. The Morgan fingerprint density at radius 3 is 2.59 bits per heavy atom. The van der Waals surface area contributed by atoms with E-state index in [-0.39, 0.29) is 23.9 Å². The number of para-hydroxylation sites is 1. The Morgan fingerprint density at radius 1 is 1.22 bits per heavy atom. The van der Waals surface area contributed by atoms with Crippen LogP contribution >= 0.6 is 11.3 Å². The van der Waals surface area contributed by atoms with Gasteiger partial charge in [-0.15, -0.1) is 11.3 Å². The topological polar surface area (TPSA) is 64.6 Å². The Kier molecular flexibility index (Phi) is 7.65. The van der Waals surface area contributed by atoms with Crippen molar-refractivity contribution in [3.8, 4) is 5.75 Å². The van der Waals surface area contributed by atoms with Crippen LogP contribution < -0.4 is 10.1 Å². The summed E-state index contributed by atoms with van der Waals surface area (Å²) < 4.78 is 11.1. The Morgan fingerprint density at radius 2 is 1.94 bits per heavy atom. The molecule has 1 N–H and O–H groups in total. The predicted octanol–water partition coefficient (Wildman–Crippen LogP) is 6.22. The van der Waals surface area contributed by atoms with Crippen molar-refractivity contribution >= 4 is 28.2 Å². The first-order valence-electron chi connectivity index (χ1n) is 11.4. The lowest BCUT2D eigenvalue weighted by molar-refractivity contribution is -0.118. The van der Waals surface area contributed by atoms with Crippen molar-refractivity contribution in [1.82, 2.24) is 0 Å². The summed E-state index contributed by atoms with van der Waals surface area (Å²) >= 11 is 1.51. The molecular formula is C26H35NO4S. The second-order valence-corrected chi connectivity index (χ2v) is 10.9. The number of rotatable bonds is 7. The number of anilines is 1. The summed E-state index contributed by atoms with van der Waals surface area (Å²) in [6.45, 7) is 13.0. The fourth-order valence-corrected chi connectivity index (χ4v) is 5.56. The molecule has 0 aliphatic heterocycles. The van der Waals surface area contributed by atoms with Gasteiger partial charge in [-0.1, -0.05) is 52.8 Å². The Balaban J connectivity index is 1.79. The molecule has 0 saturated heterocycles. The molecule has 1 aromatic carbocycles. The summed E-state index contributed by atoms with van der Waals surface area (Å²) in [4.78, 5) is 26.7. The maximum Gasteiger partial charge on any atom is 0.341 e. The van der Waals surface area contributed by atoms with Gasteiger partial charge in [-0.05, 0) is 60.6 Å². The second-order valence-electron chi connectivity index (χ2n) is 9.76. The van der Waals surface area contributed by atoms with E-state index in [2.05, 4.69) is 39.9 Å². The van der Waals surface area contributed by atoms with Crippen LogP contribution in [0.5, 0.6) is 5.75 Å². The van der Waals surface area contributed by atoms with Crippen LogP contribution in [0.25, 0.3) is 0 Å². The number of fused-ring (bicyclic) bond motifs is 1. The van der Waals surface area contributed by atoms with Crippen LogP contribution in [0.1, 0.15) is 80.2 Å². The highest BCUT2D eigenvalue weighted by molar-refractivity contribution is 7.17. The number of nitrogens with one attached hydrogen (secondary N) is 1. The van der Waals surface area contributed by atoms with Gasteiger partial charge in [0.05, 0.1) is 12.2 Å². The van der Waals surface area contributed by atoms with E-state index < -0.39 is 0 Å². The molecule has 0 fully saturated rings. The van der Waals surface area contributed by atoms with Gasteiger partial charge in [-0.25, -0.2) is 4.79 Å². The van der Waals surface area contributed by atoms with Gasteiger partial charge in [-0.2, -0.15) is 0 Å². The van der Waals surface area contributed by atoms with E-state index in [4.69, 9.17) is 9.47 Å². The second kappa shape index (κ2) is 10.1. The summed E-state index contributed by atoms with van der Waals surface area (Å²) in [5.41, 5.74) is 2.82. The van der Waals surface area contributed by atoms with Crippen molar-refractivity contribution in [1.29, 1.82) is 0 Å². The molecule has 1 atom stereocenters. The van der Waals surface area contributed by atoms with Crippen molar-refractivity contribution in [2.24, 2.45) is 11.3 Å². The molecule has 5 nitrogen and oxygen atoms in total. The Hall–Kier alpha value is -2.34. The van der Waals surface area contributed by atoms with E-state index in [1.807, 2.05) is 24.3 Å². The molecule has 1 unspecified atom stereocenters. The molecule has 1 amide bonds. The molecule has 1 aliphatic rings. The molecule has 0 saturated carbocycles. The van der Waals surface area contributed by atoms with Crippen LogP contribution in [0.3, 0.4) is 0 Å². The van der Waals surface area contributed by atoms with Gasteiger partial charge in [0.15, 0.2) is 6.61 Å². The first kappa shape index (κ1) is 24.3. The third-order valence-electron chi connectivity index (χ3n) is 6.12. The number of hydrogen-bond donors (Lipinski definition) is 1. The average molecular weight is 458 g/mol. The summed E-state index contributed by atoms with van der Waals surface area (Å²) in [5.74, 6) is 0.912. The molecule has 2 aromatic rings. The summed E-state index contributed by atoms with van der Waals surface area (Å²) in [6, 6.07) is 7.75. The number of esters is 1. The molecule has 32 heavy (non-hydrogen) atoms. The first-order chi connectivity index (χ1) is 15.1. The number of ether oxygens (including phenoxy) is 2. The lowest BCUT2D eigenvalue weighted by Gasteiger charge is -2.33. The van der Waals surface area contributed by atoms with Crippen LogP contribution in [0.2, 0.25) is 0 Å². The fraction of sp³-hybridized carbons (Fsp3) is 0.538. The summed E-state index contributed by atoms with van der Waals surface area (Å²) in [7, 11) is 0. The van der Waals surface area contributed by atoms with E-state index in [1.165, 1.54) is 16.2 Å². The van der Waals surface area contributed by atoms with Crippen molar-refractivity contribution in [2.45, 2.75) is 66.7 Å². The first-order valence-corrected chi connectivity index (χ1v) is 12.3. The van der Waals surface area contributed by atoms with E-state index in [0.29, 0.717) is 34.8 Å². The molecule has 1 heterocycles. The van der Waals surface area contributed by atoms with Crippen LogP contribution in [-0.2, 0) is 22.4 Å². The van der Waals surface area contributed by atoms with Gasteiger partial charge >= 0.3 is 5.97 Å². The van der Waals surface area contributed by atoms with Gasteiger partial charge in [0.1, 0.15) is 10.8 Å². The highest BCUT2D eigenvalue weighted by Crippen LogP contribution is 2.44. The van der Waals surface area contributed by atoms with Crippen LogP contribution in [0.15, 0.2) is 24.3 Å². The van der Waals surface area contributed by atoms with E-state index in [0.717, 1.165) is 30.4 Å². The molecule has 1 aliphatic carbocycles. The lowest BCUT2D eigenvalue weighted by atomic mass is 9.72. The zero-order chi connectivity index (χ0) is 23.5. The molecule has 174 valence electrons. The summed E-state index contributed by atoms with van der Waals surface area (Å²) in [5, 5.41) is 3.51. The van der Waals surface area contributed by atoms with Crippen molar-refractivity contribution in [3.63, 3.8) is 0 Å². The minimum atomic E-state index is -0.361. The average Bonchev–Trinajstić information content (AvgIpc) is 3.08. The van der Waals surface area contributed by atoms with Gasteiger partial charge in [-0.3, -0.25) is 4.79 Å². The molecule has 0 bridgehead atoms. The Bertz CT molecular complexity index is 971. The standard InChI is InChI=1S/C26H35NO4S/c1-7-30-25(29)23-19-13-12-17(26(4,5)6)14-21(19)32-24(23)27-22(28)15-31-20-11-9-8-10-18(20)16(2)3/h8-11,16-17H,7,12-15H2,1-6H3,(H,27,28). The lowest BCUT2D eigenvalue weighted by Crippen LogP contribution is -2.26. The number of carbonyl (C=O) groups is 2. The van der Waals surface area contributed by atoms with Gasteiger partial charge in [0.25, 0.3) is 5.91 Å². The monoisotopic (exact) mass is 457 g/mol. The number of thiophene rings is 1.